The van der Waals surface area contributed by atoms with Crippen LogP contribution in [-0.2, 0) is 10.8 Å². The molecule has 6 heteroatoms. The maximum Gasteiger partial charge on any atom is 0.185 e. The molecule has 1 aliphatic rings. The molecule has 0 aromatic heterocycles. The van der Waals surface area contributed by atoms with E-state index >= 15 is 0 Å². The quantitative estimate of drug-likeness (QED) is 0.537. The van der Waals surface area contributed by atoms with E-state index in [1.807, 2.05) is 12.1 Å². The van der Waals surface area contributed by atoms with E-state index in [9.17, 15) is 5.26 Å². The minimum absolute atomic E-state index is 0.212. The van der Waals surface area contributed by atoms with Crippen molar-refractivity contribution >= 4 is 20.1 Å². The normalized spacial score (nSPS) is 21.2. The van der Waals surface area contributed by atoms with Gasteiger partial charge in [0.25, 0.3) is 0 Å². The van der Waals surface area contributed by atoms with E-state index < -0.39 is 13.9 Å². The van der Waals surface area contributed by atoms with Gasteiger partial charge in [0.05, 0.1) is 25.5 Å². The molecule has 1 aliphatic carbocycles. The van der Waals surface area contributed by atoms with Crippen LogP contribution in [0.15, 0.2) is 41.3 Å². The lowest BCUT2D eigenvalue weighted by Crippen LogP contribution is -2.47. The molecule has 0 fully saturated rings. The van der Waals surface area contributed by atoms with Crippen LogP contribution in [0.25, 0.3) is 0 Å². The van der Waals surface area contributed by atoms with Gasteiger partial charge in [0, 0.05) is 16.0 Å². The maximum absolute atomic E-state index is 10.4. The van der Waals surface area contributed by atoms with Gasteiger partial charge in [-0.15, -0.1) is 11.8 Å². The van der Waals surface area contributed by atoms with Crippen molar-refractivity contribution in [2.24, 2.45) is 0 Å². The maximum atomic E-state index is 10.4. The van der Waals surface area contributed by atoms with Gasteiger partial charge >= 0.3 is 0 Å². The largest absolute Gasteiger partial charge is 0.496 e. The molecule has 154 valence electrons. The highest BCUT2D eigenvalue weighted by Gasteiger charge is 2.49. The first-order valence-corrected chi connectivity index (χ1v) is 14.1. The third-order valence-electron chi connectivity index (χ3n) is 5.10. The van der Waals surface area contributed by atoms with E-state index in [1.54, 1.807) is 26.0 Å². The van der Waals surface area contributed by atoms with Crippen molar-refractivity contribution in [3.8, 4) is 17.6 Å². The number of hydrogen-bond donors (Lipinski definition) is 0. The first-order chi connectivity index (χ1) is 13.7. The van der Waals surface area contributed by atoms with Crippen molar-refractivity contribution in [1.82, 2.24) is 0 Å². The number of thioether (sulfide) groups is 1. The summed E-state index contributed by atoms with van der Waals surface area (Å²) in [5.41, 5.74) is 2.43. The van der Waals surface area contributed by atoms with Gasteiger partial charge in [-0.05, 0) is 63.7 Å². The number of methoxy groups -OCH3 is 2. The molecule has 2 atom stereocenters. The second kappa shape index (κ2) is 8.43. The van der Waals surface area contributed by atoms with Crippen LogP contribution < -0.4 is 9.47 Å². The lowest BCUT2D eigenvalue weighted by Gasteiger charge is -2.43. The van der Waals surface area contributed by atoms with Crippen LogP contribution >= 0.6 is 11.8 Å². The van der Waals surface area contributed by atoms with Crippen molar-refractivity contribution < 1.29 is 13.9 Å². The molecule has 0 saturated carbocycles. The van der Waals surface area contributed by atoms with Crippen LogP contribution in [-0.4, -0.2) is 28.1 Å². The lowest BCUT2D eigenvalue weighted by molar-refractivity contribution is 0.0986. The van der Waals surface area contributed by atoms with Gasteiger partial charge in [0.15, 0.2) is 13.9 Å². The van der Waals surface area contributed by atoms with E-state index in [2.05, 4.69) is 56.9 Å². The van der Waals surface area contributed by atoms with E-state index in [4.69, 9.17) is 13.9 Å². The Morgan fingerprint density at radius 2 is 1.66 bits per heavy atom. The molecular formula is C23H29NO3SSi. The number of fused-ring (bicyclic) bond motifs is 1. The fourth-order valence-corrected chi connectivity index (χ4v) is 6.70. The number of hydrogen-bond acceptors (Lipinski definition) is 5. The summed E-state index contributed by atoms with van der Waals surface area (Å²) < 4.78 is 18.0. The van der Waals surface area contributed by atoms with E-state index in [-0.39, 0.29) is 5.25 Å². The molecule has 0 N–H and O–H groups in total. The minimum Gasteiger partial charge on any atom is -0.496 e. The number of nitriles is 1. The first-order valence-electron chi connectivity index (χ1n) is 9.81. The smallest absolute Gasteiger partial charge is 0.185 e. The van der Waals surface area contributed by atoms with Crippen molar-refractivity contribution in [2.45, 2.75) is 55.2 Å². The molecule has 2 aromatic rings. The zero-order valence-electron chi connectivity index (χ0n) is 18.0. The third-order valence-corrected chi connectivity index (χ3v) is 7.47. The van der Waals surface area contributed by atoms with Gasteiger partial charge < -0.3 is 13.9 Å². The Labute approximate surface area is 179 Å². The Hall–Kier alpha value is -1.94. The Bertz CT molecular complexity index is 917. The molecule has 2 aromatic carbocycles. The topological polar surface area (TPSA) is 51.5 Å². The molecule has 29 heavy (non-hydrogen) atoms. The van der Waals surface area contributed by atoms with Crippen LogP contribution in [0.4, 0.5) is 0 Å². The predicted octanol–water partition coefficient (Wildman–Crippen LogP) is 5.91. The highest BCUT2D eigenvalue weighted by molar-refractivity contribution is 7.99. The molecule has 0 saturated heterocycles. The average molecular weight is 428 g/mol. The molecule has 0 heterocycles. The van der Waals surface area contributed by atoms with Gasteiger partial charge in [-0.1, -0.05) is 17.7 Å². The first kappa shape index (κ1) is 21.8. The van der Waals surface area contributed by atoms with Gasteiger partial charge in [0.2, 0.25) is 0 Å². The molecule has 3 rings (SSSR count). The fraction of sp³-hybridized carbons (Fsp3) is 0.435. The third kappa shape index (κ3) is 4.47. The second-order valence-corrected chi connectivity index (χ2v) is 14.0. The molecule has 0 bridgehead atoms. The Balaban J connectivity index is 2.20. The van der Waals surface area contributed by atoms with Crippen molar-refractivity contribution in [2.75, 3.05) is 14.2 Å². The number of aryl methyl sites for hydroxylation is 1. The van der Waals surface area contributed by atoms with Crippen LogP contribution in [0.5, 0.6) is 11.5 Å². The van der Waals surface area contributed by atoms with E-state index in [1.165, 1.54) is 5.56 Å². The van der Waals surface area contributed by atoms with Crippen LogP contribution in [0.1, 0.15) is 28.4 Å². The molecule has 0 radical (unpaired) electrons. The number of ether oxygens (including phenoxy) is 2. The van der Waals surface area contributed by atoms with E-state index in [0.29, 0.717) is 6.42 Å². The van der Waals surface area contributed by atoms with E-state index in [0.717, 1.165) is 33.9 Å². The molecule has 0 spiro atoms. The van der Waals surface area contributed by atoms with Gasteiger partial charge in [-0.2, -0.15) is 5.26 Å². The van der Waals surface area contributed by atoms with Crippen molar-refractivity contribution in [3.63, 3.8) is 0 Å². The number of benzene rings is 2. The molecule has 0 unspecified atom stereocenters. The van der Waals surface area contributed by atoms with Gasteiger partial charge in [-0.25, -0.2) is 0 Å². The molecular weight excluding hydrogens is 398 g/mol. The van der Waals surface area contributed by atoms with Crippen molar-refractivity contribution in [1.29, 1.82) is 5.26 Å². The predicted molar refractivity (Wildman–Crippen MR) is 120 cm³/mol. The fourth-order valence-electron chi connectivity index (χ4n) is 3.91. The average Bonchev–Trinajstić information content (AvgIpc) is 2.69. The minimum atomic E-state index is -1.98. The molecule has 4 nitrogen and oxygen atoms in total. The summed E-state index contributed by atoms with van der Waals surface area (Å²) in [6.45, 7) is 8.49. The molecule has 0 amide bonds. The standard InChI is InChI=1S/C23H29NO3SSi/c1-16-7-9-17(10-8-16)28-22-21-18(19(25-2)11-12-20(21)26-3)13-14-23(22,15-24)27-29(4,5)6/h7-12,22H,13-14H2,1-6H3/t22-,23-/m0/s1. The lowest BCUT2D eigenvalue weighted by atomic mass is 9.80. The summed E-state index contributed by atoms with van der Waals surface area (Å²) in [5.74, 6) is 1.62. The Kier molecular flexibility index (Phi) is 6.32. The summed E-state index contributed by atoms with van der Waals surface area (Å²) in [7, 11) is 1.38. The van der Waals surface area contributed by atoms with Crippen LogP contribution in [0.2, 0.25) is 19.6 Å². The highest BCUT2D eigenvalue weighted by Crippen LogP contribution is 2.55. The van der Waals surface area contributed by atoms with Gasteiger partial charge in [0.1, 0.15) is 11.5 Å². The summed E-state index contributed by atoms with van der Waals surface area (Å²) in [5, 5.41) is 10.2. The van der Waals surface area contributed by atoms with Crippen LogP contribution in [0, 0.1) is 18.3 Å². The summed E-state index contributed by atoms with van der Waals surface area (Å²) >= 11 is 1.68. The summed E-state index contributed by atoms with van der Waals surface area (Å²) in [6.07, 6.45) is 1.35. The zero-order chi connectivity index (χ0) is 21.2. The Morgan fingerprint density at radius 3 is 2.21 bits per heavy atom. The second-order valence-electron chi connectivity index (χ2n) is 8.39. The number of nitrogens with zero attached hydrogens (tertiary/aromatic N) is 1. The van der Waals surface area contributed by atoms with Crippen LogP contribution in [0.3, 0.4) is 0 Å². The molecule has 0 aliphatic heterocycles. The zero-order valence-corrected chi connectivity index (χ0v) is 19.9. The SMILES string of the molecule is COc1ccc(OC)c2c1CC[C@@](C#N)(O[Si](C)(C)C)[C@H]2Sc1ccc(C)cc1. The summed E-state index contributed by atoms with van der Waals surface area (Å²) in [4.78, 5) is 1.11. The van der Waals surface area contributed by atoms with Crippen molar-refractivity contribution in [3.05, 3.63) is 53.1 Å². The number of rotatable bonds is 6. The van der Waals surface area contributed by atoms with Gasteiger partial charge in [-0.3, -0.25) is 0 Å². The Morgan fingerprint density at radius 1 is 1.03 bits per heavy atom. The highest BCUT2D eigenvalue weighted by atomic mass is 32.2. The summed E-state index contributed by atoms with van der Waals surface area (Å²) in [6, 6.07) is 14.9. The monoisotopic (exact) mass is 427 g/mol.